The lowest BCUT2D eigenvalue weighted by molar-refractivity contribution is -0.140. The Morgan fingerprint density at radius 2 is 1.94 bits per heavy atom. The fourth-order valence-electron chi connectivity index (χ4n) is 8.92. The van der Waals surface area contributed by atoms with Crippen molar-refractivity contribution in [1.29, 1.82) is 0 Å². The number of fused-ring (bicyclic) bond motifs is 5. The molecule has 4 fully saturated rings. The largest absolute Gasteiger partial charge is 0.338 e. The quantitative estimate of drug-likeness (QED) is 0.749. The van der Waals surface area contributed by atoms with E-state index in [2.05, 4.69) is 24.8 Å². The van der Waals surface area contributed by atoms with Crippen LogP contribution in [0.5, 0.6) is 0 Å². The maximum Gasteiger partial charge on any atom is 0.246 e. The van der Waals surface area contributed by atoms with E-state index in [0.717, 1.165) is 44.1 Å². The zero-order valence-electron chi connectivity index (χ0n) is 19.7. The molecule has 2 amide bonds. The number of rotatable bonds is 3. The molecule has 5 nitrogen and oxygen atoms in total. The van der Waals surface area contributed by atoms with Crippen molar-refractivity contribution < 1.29 is 9.59 Å². The second-order valence-corrected chi connectivity index (χ2v) is 11.8. The summed E-state index contributed by atoms with van der Waals surface area (Å²) in [6.07, 6.45) is 14.3. The van der Waals surface area contributed by atoms with Crippen LogP contribution in [0.3, 0.4) is 0 Å². The molecule has 1 unspecified atom stereocenters. The van der Waals surface area contributed by atoms with Gasteiger partial charge in [0, 0.05) is 44.1 Å². The van der Waals surface area contributed by atoms with Crippen LogP contribution in [-0.2, 0) is 9.59 Å². The van der Waals surface area contributed by atoms with Gasteiger partial charge in [-0.25, -0.2) is 0 Å². The fraction of sp³-hybridized carbons (Fsp3) is 0.846. The molecule has 0 aromatic heterocycles. The highest BCUT2D eigenvalue weighted by atomic mass is 16.2. The molecule has 2 N–H and O–H groups in total. The van der Waals surface area contributed by atoms with Crippen molar-refractivity contribution in [3.63, 3.8) is 0 Å². The van der Waals surface area contributed by atoms with Crippen molar-refractivity contribution in [2.75, 3.05) is 20.1 Å². The topological polar surface area (TPSA) is 66.6 Å². The third kappa shape index (κ3) is 3.13. The van der Waals surface area contributed by atoms with Gasteiger partial charge in [-0.05, 0) is 86.5 Å². The molecule has 1 saturated heterocycles. The van der Waals surface area contributed by atoms with Crippen molar-refractivity contribution in [2.24, 2.45) is 40.2 Å². The highest BCUT2D eigenvalue weighted by molar-refractivity contribution is 5.89. The molecule has 3 saturated carbocycles. The predicted octanol–water partition coefficient (Wildman–Crippen LogP) is 3.58. The monoisotopic (exact) mass is 427 g/mol. The number of nitrogens with two attached hydrogens (primary N) is 1. The number of carbonyl (C=O) groups excluding carboxylic acids is 2. The van der Waals surface area contributed by atoms with Crippen LogP contribution in [0.25, 0.3) is 0 Å². The Hall–Kier alpha value is -1.36. The molecular weight excluding hydrogens is 386 g/mol. The van der Waals surface area contributed by atoms with Crippen LogP contribution in [0.2, 0.25) is 0 Å². The lowest BCUT2D eigenvalue weighted by Crippen LogP contribution is -2.59. The van der Waals surface area contributed by atoms with Gasteiger partial charge in [0.15, 0.2) is 0 Å². The van der Waals surface area contributed by atoms with Crippen molar-refractivity contribution in [2.45, 2.75) is 83.7 Å². The smallest absolute Gasteiger partial charge is 0.246 e. The Bertz CT molecular complexity index is 781. The Kier molecular flexibility index (Phi) is 5.27. The van der Waals surface area contributed by atoms with Crippen molar-refractivity contribution in [1.82, 2.24) is 9.80 Å². The summed E-state index contributed by atoms with van der Waals surface area (Å²) in [5.74, 6) is 3.15. The van der Waals surface area contributed by atoms with Crippen LogP contribution in [0.4, 0.5) is 0 Å². The van der Waals surface area contributed by atoms with Crippen molar-refractivity contribution in [3.05, 3.63) is 12.2 Å². The summed E-state index contributed by atoms with van der Waals surface area (Å²) in [6, 6.07) is 0.610. The summed E-state index contributed by atoms with van der Waals surface area (Å²) in [4.78, 5) is 29.6. The van der Waals surface area contributed by atoms with E-state index in [9.17, 15) is 9.59 Å². The highest BCUT2D eigenvalue weighted by Gasteiger charge is 2.60. The van der Waals surface area contributed by atoms with Crippen LogP contribution >= 0.6 is 0 Å². The molecule has 0 spiro atoms. The molecule has 3 aliphatic carbocycles. The van der Waals surface area contributed by atoms with E-state index in [-0.39, 0.29) is 22.8 Å². The summed E-state index contributed by atoms with van der Waals surface area (Å²) in [7, 11) is 1.99. The first kappa shape index (κ1) is 21.5. The average molecular weight is 428 g/mol. The first-order valence-corrected chi connectivity index (χ1v) is 12.7. The maximum absolute atomic E-state index is 13.2. The zero-order valence-corrected chi connectivity index (χ0v) is 19.7. The van der Waals surface area contributed by atoms with Crippen LogP contribution < -0.4 is 5.73 Å². The van der Waals surface area contributed by atoms with Crippen LogP contribution in [0, 0.1) is 34.5 Å². The van der Waals surface area contributed by atoms with Crippen molar-refractivity contribution in [3.8, 4) is 0 Å². The normalized spacial score (nSPS) is 46.6. The summed E-state index contributed by atoms with van der Waals surface area (Å²) in [5.41, 5.74) is 6.33. The van der Waals surface area contributed by atoms with E-state index in [1.807, 2.05) is 18.0 Å². The van der Waals surface area contributed by atoms with E-state index in [1.54, 1.807) is 0 Å². The molecule has 2 aliphatic heterocycles. The van der Waals surface area contributed by atoms with E-state index in [4.69, 9.17) is 5.73 Å². The molecule has 2 heterocycles. The second kappa shape index (κ2) is 7.60. The molecular formula is C26H41N3O2. The maximum atomic E-state index is 13.2. The van der Waals surface area contributed by atoms with Gasteiger partial charge >= 0.3 is 0 Å². The van der Waals surface area contributed by atoms with Crippen molar-refractivity contribution >= 4 is 11.8 Å². The van der Waals surface area contributed by atoms with Gasteiger partial charge in [-0.1, -0.05) is 19.9 Å². The van der Waals surface area contributed by atoms with Gasteiger partial charge in [-0.3, -0.25) is 9.59 Å². The first-order valence-electron chi connectivity index (χ1n) is 12.7. The number of nitrogens with zero attached hydrogens (tertiary/aromatic N) is 2. The molecule has 172 valence electrons. The number of amides is 2. The van der Waals surface area contributed by atoms with Gasteiger partial charge in [0.25, 0.3) is 0 Å². The van der Waals surface area contributed by atoms with E-state index in [1.165, 1.54) is 32.1 Å². The first-order chi connectivity index (χ1) is 14.8. The van der Waals surface area contributed by atoms with Crippen LogP contribution in [0.15, 0.2) is 12.2 Å². The minimum Gasteiger partial charge on any atom is -0.338 e. The highest BCUT2D eigenvalue weighted by Crippen LogP contribution is 2.66. The summed E-state index contributed by atoms with van der Waals surface area (Å²) >= 11 is 0. The number of hydrogen-bond donors (Lipinski definition) is 1. The van der Waals surface area contributed by atoms with Gasteiger partial charge in [0.1, 0.15) is 0 Å². The molecule has 5 rings (SSSR count). The van der Waals surface area contributed by atoms with Gasteiger partial charge in [-0.2, -0.15) is 0 Å². The molecule has 8 atom stereocenters. The Morgan fingerprint density at radius 3 is 2.71 bits per heavy atom. The van der Waals surface area contributed by atoms with Crippen LogP contribution in [0.1, 0.15) is 71.6 Å². The lowest BCUT2D eigenvalue weighted by Gasteiger charge is -2.60. The third-order valence-electron chi connectivity index (χ3n) is 10.7. The molecule has 31 heavy (non-hydrogen) atoms. The molecule has 5 aliphatic rings. The molecule has 5 heteroatoms. The van der Waals surface area contributed by atoms with Crippen LogP contribution in [-0.4, -0.2) is 53.8 Å². The lowest BCUT2D eigenvalue weighted by atomic mass is 9.47. The van der Waals surface area contributed by atoms with Gasteiger partial charge < -0.3 is 15.5 Å². The van der Waals surface area contributed by atoms with E-state index in [0.29, 0.717) is 30.3 Å². The minimum absolute atomic E-state index is 0.102. The number of likely N-dealkylation sites (N-methyl/N-ethyl adjacent to an activating group) is 1. The van der Waals surface area contributed by atoms with Gasteiger partial charge in [-0.15, -0.1) is 0 Å². The summed E-state index contributed by atoms with van der Waals surface area (Å²) in [6.45, 7) is 6.41. The second-order valence-electron chi connectivity index (χ2n) is 11.8. The number of hydrogen-bond acceptors (Lipinski definition) is 3. The Morgan fingerprint density at radius 1 is 1.13 bits per heavy atom. The summed E-state index contributed by atoms with van der Waals surface area (Å²) in [5, 5.41) is 0. The number of carbonyl (C=O) groups is 2. The predicted molar refractivity (Wildman–Crippen MR) is 122 cm³/mol. The van der Waals surface area contributed by atoms with E-state index >= 15 is 0 Å². The Balaban J connectivity index is 1.33. The molecule has 0 aromatic rings. The Labute approximate surface area is 187 Å². The zero-order chi connectivity index (χ0) is 22.0. The molecule has 0 aromatic carbocycles. The van der Waals surface area contributed by atoms with E-state index < -0.39 is 0 Å². The van der Waals surface area contributed by atoms with Gasteiger partial charge in [0.05, 0.1) is 0 Å². The average Bonchev–Trinajstić information content (AvgIpc) is 3.35. The molecule has 0 radical (unpaired) electrons. The third-order valence-corrected chi connectivity index (χ3v) is 10.7. The SMILES string of the molecule is CN1C(=O)C=C[C@]2(C)[C@H]3CC[C@]4(C)[C@@H](CC(=O)N5CCCC5CN)CC[C@H]4[C@@H]3CC[C@@H]12. The number of likely N-dealkylation sites (tertiary alicyclic amines) is 1. The minimum atomic E-state index is 0.102. The molecule has 0 bridgehead atoms. The fourth-order valence-corrected chi connectivity index (χ4v) is 8.92. The standard InChI is InChI=1S/C26H41N3O2/c1-25-12-10-21-19(7-9-22-26(21,2)13-11-23(30)28(22)3)20(25)8-6-17(25)15-24(31)29-14-4-5-18(29)16-27/h11,13,17-22H,4-10,12,14-16,27H2,1-3H3/t17-,18?,19+,20+,21+,22-,25-,26-/m1/s1. The van der Waals surface area contributed by atoms with Gasteiger partial charge in [0.2, 0.25) is 11.8 Å². The summed E-state index contributed by atoms with van der Waals surface area (Å²) < 4.78 is 0.